The quantitative estimate of drug-likeness (QED) is 0.841. The molecule has 0 amide bonds. The third kappa shape index (κ3) is 2.47. The molecule has 0 radical (unpaired) electrons. The summed E-state index contributed by atoms with van der Waals surface area (Å²) in [5.74, 6) is 0.405. The average molecular weight is 254 g/mol. The molecule has 0 saturated carbocycles. The zero-order valence-corrected chi connectivity index (χ0v) is 10.4. The Morgan fingerprint density at radius 3 is 2.82 bits per heavy atom. The molecule has 3 nitrogen and oxygen atoms in total. The van der Waals surface area contributed by atoms with Gasteiger partial charge in [-0.2, -0.15) is 0 Å². The van der Waals surface area contributed by atoms with Gasteiger partial charge in [-0.1, -0.05) is 17.7 Å². The van der Waals surface area contributed by atoms with Gasteiger partial charge in [-0.05, 0) is 26.0 Å². The van der Waals surface area contributed by atoms with E-state index in [0.717, 1.165) is 0 Å². The molecule has 0 fully saturated rings. The van der Waals surface area contributed by atoms with Gasteiger partial charge in [0.1, 0.15) is 18.0 Å². The predicted molar refractivity (Wildman–Crippen MR) is 64.6 cm³/mol. The third-order valence-electron chi connectivity index (χ3n) is 2.60. The van der Waals surface area contributed by atoms with Crippen molar-refractivity contribution in [2.45, 2.75) is 26.3 Å². The Morgan fingerprint density at radius 1 is 1.41 bits per heavy atom. The second-order valence-corrected chi connectivity index (χ2v) is 4.53. The first-order valence-electron chi connectivity index (χ1n) is 5.41. The molecule has 0 aliphatic carbocycles. The molecule has 2 rings (SSSR count). The molecule has 0 N–H and O–H groups in total. The molecule has 17 heavy (non-hydrogen) atoms. The van der Waals surface area contributed by atoms with E-state index in [4.69, 9.17) is 11.6 Å². The van der Waals surface area contributed by atoms with E-state index >= 15 is 0 Å². The summed E-state index contributed by atoms with van der Waals surface area (Å²) in [6, 6.07) is 4.91. The topological polar surface area (TPSA) is 30.7 Å². The van der Waals surface area contributed by atoms with Crippen LogP contribution in [-0.2, 0) is 6.42 Å². The molecule has 0 unspecified atom stereocenters. The molecular formula is C12H13ClFN3. The van der Waals surface area contributed by atoms with E-state index in [1.807, 2.05) is 18.4 Å². The number of hydrogen-bond donors (Lipinski definition) is 0. The van der Waals surface area contributed by atoms with E-state index in [1.54, 1.807) is 18.5 Å². The van der Waals surface area contributed by atoms with E-state index in [1.165, 1.54) is 6.07 Å². The molecule has 0 saturated heterocycles. The Morgan fingerprint density at radius 2 is 2.18 bits per heavy atom. The van der Waals surface area contributed by atoms with Crippen molar-refractivity contribution in [2.24, 2.45) is 0 Å². The highest BCUT2D eigenvalue weighted by Gasteiger charge is 2.13. The fourth-order valence-electron chi connectivity index (χ4n) is 1.68. The van der Waals surface area contributed by atoms with Crippen LogP contribution in [0.1, 0.15) is 31.3 Å². The van der Waals surface area contributed by atoms with Crippen LogP contribution in [0.15, 0.2) is 24.5 Å². The molecule has 1 aromatic carbocycles. The lowest BCUT2D eigenvalue weighted by Gasteiger charge is -2.11. The zero-order valence-electron chi connectivity index (χ0n) is 9.69. The molecule has 0 spiro atoms. The summed E-state index contributed by atoms with van der Waals surface area (Å²) in [7, 11) is 0. The maximum atomic E-state index is 13.6. The fraction of sp³-hybridized carbons (Fsp3) is 0.333. The summed E-state index contributed by atoms with van der Waals surface area (Å²) in [5, 5.41) is 8.27. The number of rotatable bonds is 3. The van der Waals surface area contributed by atoms with Gasteiger partial charge in [-0.15, -0.1) is 10.2 Å². The van der Waals surface area contributed by atoms with Gasteiger partial charge in [0.2, 0.25) is 0 Å². The molecule has 0 aliphatic rings. The summed E-state index contributed by atoms with van der Waals surface area (Å²) in [6.07, 6.45) is 2.00. The maximum Gasteiger partial charge on any atom is 0.137 e. The Hall–Kier alpha value is -1.42. The summed E-state index contributed by atoms with van der Waals surface area (Å²) < 4.78 is 15.5. The van der Waals surface area contributed by atoms with Crippen molar-refractivity contribution >= 4 is 11.6 Å². The van der Waals surface area contributed by atoms with Crippen LogP contribution in [0.5, 0.6) is 0 Å². The van der Waals surface area contributed by atoms with Gasteiger partial charge in [0.05, 0.1) is 0 Å². The van der Waals surface area contributed by atoms with Gasteiger partial charge in [0.15, 0.2) is 0 Å². The number of nitrogens with zero attached hydrogens (tertiary/aromatic N) is 3. The van der Waals surface area contributed by atoms with E-state index in [-0.39, 0.29) is 11.9 Å². The predicted octanol–water partition coefficient (Wildman–Crippen LogP) is 3.24. The number of hydrogen-bond acceptors (Lipinski definition) is 2. The standard InChI is InChI=1S/C12H13ClFN3/c1-8(2)17-7-15-16-12(17)6-9-10(13)4-3-5-11(9)14/h3-5,7-8H,6H2,1-2H3. The van der Waals surface area contributed by atoms with Crippen molar-refractivity contribution in [1.29, 1.82) is 0 Å². The Kier molecular flexibility index (Phi) is 3.43. The van der Waals surface area contributed by atoms with Crippen molar-refractivity contribution < 1.29 is 4.39 Å². The Bertz CT molecular complexity index is 502. The van der Waals surface area contributed by atoms with Gasteiger partial charge in [-0.25, -0.2) is 4.39 Å². The molecule has 0 bridgehead atoms. The van der Waals surface area contributed by atoms with Crippen molar-refractivity contribution in [3.63, 3.8) is 0 Å². The lowest BCUT2D eigenvalue weighted by molar-refractivity contribution is 0.565. The van der Waals surface area contributed by atoms with Gasteiger partial charge in [-0.3, -0.25) is 0 Å². The summed E-state index contributed by atoms with van der Waals surface area (Å²) >= 11 is 5.98. The van der Waals surface area contributed by atoms with Crippen LogP contribution in [0.2, 0.25) is 5.02 Å². The number of halogens is 2. The first-order chi connectivity index (χ1) is 8.09. The normalized spacial score (nSPS) is 11.1. The Balaban J connectivity index is 2.35. The van der Waals surface area contributed by atoms with Crippen LogP contribution in [-0.4, -0.2) is 14.8 Å². The van der Waals surface area contributed by atoms with Crippen LogP contribution < -0.4 is 0 Å². The first-order valence-corrected chi connectivity index (χ1v) is 5.78. The highest BCUT2D eigenvalue weighted by Crippen LogP contribution is 2.22. The highest BCUT2D eigenvalue weighted by molar-refractivity contribution is 6.31. The first kappa shape index (κ1) is 12.0. The van der Waals surface area contributed by atoms with Gasteiger partial charge >= 0.3 is 0 Å². The van der Waals surface area contributed by atoms with Crippen LogP contribution in [0.25, 0.3) is 0 Å². The monoisotopic (exact) mass is 253 g/mol. The zero-order chi connectivity index (χ0) is 12.4. The minimum absolute atomic E-state index is 0.241. The smallest absolute Gasteiger partial charge is 0.137 e. The van der Waals surface area contributed by atoms with E-state index < -0.39 is 0 Å². The molecular weight excluding hydrogens is 241 g/mol. The van der Waals surface area contributed by atoms with Crippen molar-refractivity contribution in [3.8, 4) is 0 Å². The van der Waals surface area contributed by atoms with Crippen molar-refractivity contribution in [3.05, 3.63) is 46.8 Å². The SMILES string of the molecule is CC(C)n1cnnc1Cc1c(F)cccc1Cl. The molecule has 5 heteroatoms. The molecule has 0 atom stereocenters. The maximum absolute atomic E-state index is 13.6. The second-order valence-electron chi connectivity index (χ2n) is 4.13. The summed E-state index contributed by atoms with van der Waals surface area (Å²) in [6.45, 7) is 4.05. The van der Waals surface area contributed by atoms with Crippen LogP contribution in [0, 0.1) is 5.82 Å². The van der Waals surface area contributed by atoms with Crippen molar-refractivity contribution in [2.75, 3.05) is 0 Å². The molecule has 1 aromatic heterocycles. The van der Waals surface area contributed by atoms with Crippen LogP contribution in [0.4, 0.5) is 4.39 Å². The molecule has 1 heterocycles. The minimum atomic E-state index is -0.309. The van der Waals surface area contributed by atoms with Gasteiger partial charge < -0.3 is 4.57 Å². The Labute approximate surface area is 104 Å². The fourth-order valence-corrected chi connectivity index (χ4v) is 1.91. The average Bonchev–Trinajstić information content (AvgIpc) is 2.72. The van der Waals surface area contributed by atoms with E-state index in [0.29, 0.717) is 22.8 Å². The number of aromatic nitrogens is 3. The molecule has 90 valence electrons. The van der Waals surface area contributed by atoms with Gasteiger partial charge in [0.25, 0.3) is 0 Å². The lowest BCUT2D eigenvalue weighted by Crippen LogP contribution is -2.07. The minimum Gasteiger partial charge on any atom is -0.315 e. The molecule has 2 aromatic rings. The second kappa shape index (κ2) is 4.84. The van der Waals surface area contributed by atoms with Crippen LogP contribution in [0.3, 0.4) is 0 Å². The lowest BCUT2D eigenvalue weighted by atomic mass is 10.1. The summed E-state index contributed by atoms with van der Waals surface area (Å²) in [4.78, 5) is 0. The largest absolute Gasteiger partial charge is 0.315 e. The van der Waals surface area contributed by atoms with Crippen LogP contribution >= 0.6 is 11.6 Å². The van der Waals surface area contributed by atoms with Crippen molar-refractivity contribution in [1.82, 2.24) is 14.8 Å². The van der Waals surface area contributed by atoms with Gasteiger partial charge in [0, 0.05) is 23.0 Å². The third-order valence-corrected chi connectivity index (χ3v) is 2.95. The summed E-state index contributed by atoms with van der Waals surface area (Å²) in [5.41, 5.74) is 0.462. The molecule has 0 aliphatic heterocycles. The highest BCUT2D eigenvalue weighted by atomic mass is 35.5. The van der Waals surface area contributed by atoms with E-state index in [2.05, 4.69) is 10.2 Å². The number of benzene rings is 1. The van der Waals surface area contributed by atoms with E-state index in [9.17, 15) is 4.39 Å².